The molecule has 6 heteroatoms. The van der Waals surface area contributed by atoms with Crippen LogP contribution in [0, 0.1) is 0 Å². The first-order valence-electron chi connectivity index (χ1n) is 5.23. The van der Waals surface area contributed by atoms with Crippen LogP contribution in [0.15, 0.2) is 0 Å². The smallest absolute Gasteiger partial charge is 0.323 e. The molecule has 0 aromatic heterocycles. The van der Waals surface area contributed by atoms with Crippen LogP contribution >= 0.6 is 11.8 Å². The molecule has 0 aliphatic rings. The minimum absolute atomic E-state index is 0.288. The van der Waals surface area contributed by atoms with Gasteiger partial charge in [0.25, 0.3) is 0 Å². The zero-order valence-corrected chi connectivity index (χ0v) is 10.7. The highest BCUT2D eigenvalue weighted by Crippen LogP contribution is 2.13. The standard InChI is InChI=1S/C10H19NO4S/c1-4-14-9(12)7(3)16-6-8(11)10(13)15-5-2/h7-8H,4-6,11H2,1-3H3. The van der Waals surface area contributed by atoms with Crippen molar-refractivity contribution >= 4 is 23.7 Å². The number of ether oxygens (including phenoxy) is 2. The summed E-state index contributed by atoms with van der Waals surface area (Å²) in [5.74, 6) is -0.381. The molecule has 0 saturated heterocycles. The molecule has 0 heterocycles. The van der Waals surface area contributed by atoms with Crippen LogP contribution in [0.5, 0.6) is 0 Å². The Hall–Kier alpha value is -0.750. The SMILES string of the molecule is CCOC(=O)C(N)CSC(C)C(=O)OCC. The Bertz CT molecular complexity index is 211. The minimum atomic E-state index is -0.693. The molecule has 2 unspecified atom stereocenters. The van der Waals surface area contributed by atoms with Crippen LogP contribution < -0.4 is 5.73 Å². The third kappa shape index (κ3) is 5.97. The maximum Gasteiger partial charge on any atom is 0.323 e. The quantitative estimate of drug-likeness (QED) is 0.664. The Kier molecular flexibility index (Phi) is 8.01. The summed E-state index contributed by atoms with van der Waals surface area (Å²) in [4.78, 5) is 22.4. The number of carbonyl (C=O) groups excluding carboxylic acids is 2. The average Bonchev–Trinajstić information content (AvgIpc) is 2.25. The molecule has 2 atom stereocenters. The minimum Gasteiger partial charge on any atom is -0.465 e. The van der Waals surface area contributed by atoms with Crippen LogP contribution in [0.4, 0.5) is 0 Å². The number of esters is 2. The van der Waals surface area contributed by atoms with Gasteiger partial charge in [-0.3, -0.25) is 9.59 Å². The summed E-state index contributed by atoms with van der Waals surface area (Å²) in [6, 6.07) is -0.693. The Labute approximate surface area is 100 Å². The van der Waals surface area contributed by atoms with E-state index < -0.39 is 12.0 Å². The van der Waals surface area contributed by atoms with Gasteiger partial charge >= 0.3 is 11.9 Å². The Balaban J connectivity index is 3.86. The lowest BCUT2D eigenvalue weighted by Crippen LogP contribution is -2.35. The topological polar surface area (TPSA) is 78.6 Å². The van der Waals surface area contributed by atoms with E-state index in [2.05, 4.69) is 0 Å². The van der Waals surface area contributed by atoms with Crippen LogP contribution in [0.3, 0.4) is 0 Å². The zero-order valence-electron chi connectivity index (χ0n) is 9.89. The third-order valence-corrected chi connectivity index (χ3v) is 2.98. The third-order valence-electron chi connectivity index (χ3n) is 1.73. The molecule has 0 bridgehead atoms. The highest BCUT2D eigenvalue weighted by molar-refractivity contribution is 8.00. The molecule has 5 nitrogen and oxygen atoms in total. The first-order chi connectivity index (χ1) is 7.52. The highest BCUT2D eigenvalue weighted by Gasteiger charge is 2.19. The molecule has 0 fully saturated rings. The summed E-state index contributed by atoms with van der Waals surface area (Å²) in [5.41, 5.74) is 5.58. The molecule has 0 radical (unpaired) electrons. The number of hydrogen-bond donors (Lipinski definition) is 1. The van der Waals surface area contributed by atoms with Crippen LogP contribution in [-0.2, 0) is 19.1 Å². The second-order valence-corrected chi connectivity index (χ2v) is 4.46. The largest absolute Gasteiger partial charge is 0.465 e. The van der Waals surface area contributed by atoms with Gasteiger partial charge in [0, 0.05) is 5.75 Å². The van der Waals surface area contributed by atoms with E-state index in [1.54, 1.807) is 20.8 Å². The number of thioether (sulfide) groups is 1. The van der Waals surface area contributed by atoms with E-state index in [1.165, 1.54) is 11.8 Å². The van der Waals surface area contributed by atoms with Gasteiger partial charge in [-0.25, -0.2) is 0 Å². The molecule has 0 aromatic rings. The number of nitrogens with two attached hydrogens (primary N) is 1. The Morgan fingerprint density at radius 2 is 1.69 bits per heavy atom. The summed E-state index contributed by atoms with van der Waals surface area (Å²) < 4.78 is 9.58. The summed E-state index contributed by atoms with van der Waals surface area (Å²) in [7, 11) is 0. The second kappa shape index (κ2) is 8.41. The van der Waals surface area contributed by atoms with Gasteiger partial charge in [-0.2, -0.15) is 0 Å². The van der Waals surface area contributed by atoms with Crippen LogP contribution in [-0.4, -0.2) is 42.2 Å². The van der Waals surface area contributed by atoms with Crippen molar-refractivity contribution < 1.29 is 19.1 Å². The summed E-state index contributed by atoms with van der Waals surface area (Å²) in [6.45, 7) is 5.86. The van der Waals surface area contributed by atoms with Crippen LogP contribution in [0.1, 0.15) is 20.8 Å². The normalized spacial score (nSPS) is 14.0. The van der Waals surface area contributed by atoms with Crippen LogP contribution in [0.2, 0.25) is 0 Å². The predicted octanol–water partition coefficient (Wildman–Crippen LogP) is 0.562. The number of rotatable bonds is 7. The van der Waals surface area contributed by atoms with Crippen LogP contribution in [0.25, 0.3) is 0 Å². The molecular formula is C10H19NO4S. The summed E-state index contributed by atoms with van der Waals surface area (Å²) >= 11 is 1.29. The molecule has 2 N–H and O–H groups in total. The van der Waals surface area contributed by atoms with E-state index in [9.17, 15) is 9.59 Å². The molecule has 0 aromatic carbocycles. The van der Waals surface area contributed by atoms with Gasteiger partial charge < -0.3 is 15.2 Å². The van der Waals surface area contributed by atoms with Gasteiger partial charge in [0.2, 0.25) is 0 Å². The molecule has 0 saturated carbocycles. The van der Waals surface area contributed by atoms with Gasteiger partial charge in [0.1, 0.15) is 6.04 Å². The summed E-state index contributed by atoms with van der Waals surface area (Å²) in [6.07, 6.45) is 0. The molecule has 94 valence electrons. The lowest BCUT2D eigenvalue weighted by Gasteiger charge is -2.13. The maximum absolute atomic E-state index is 11.3. The zero-order chi connectivity index (χ0) is 12.6. The van der Waals surface area contributed by atoms with Crippen molar-refractivity contribution in [2.24, 2.45) is 5.73 Å². The molecule has 0 aliphatic carbocycles. The van der Waals surface area contributed by atoms with E-state index in [4.69, 9.17) is 15.2 Å². The van der Waals surface area contributed by atoms with Crippen molar-refractivity contribution in [2.45, 2.75) is 32.1 Å². The predicted molar refractivity (Wildman–Crippen MR) is 63.2 cm³/mol. The highest BCUT2D eigenvalue weighted by atomic mass is 32.2. The first kappa shape index (κ1) is 15.2. The monoisotopic (exact) mass is 249 g/mol. The molecule has 0 spiro atoms. The van der Waals surface area contributed by atoms with Gasteiger partial charge in [-0.15, -0.1) is 11.8 Å². The first-order valence-corrected chi connectivity index (χ1v) is 6.28. The Morgan fingerprint density at radius 1 is 1.19 bits per heavy atom. The van der Waals surface area contributed by atoms with E-state index in [0.717, 1.165) is 0 Å². The van der Waals surface area contributed by atoms with Crippen molar-refractivity contribution in [3.8, 4) is 0 Å². The molecule has 0 amide bonds. The van der Waals surface area contributed by atoms with E-state index in [-0.39, 0.29) is 11.2 Å². The van der Waals surface area contributed by atoms with Crippen molar-refractivity contribution in [2.75, 3.05) is 19.0 Å². The number of carbonyl (C=O) groups is 2. The second-order valence-electron chi connectivity index (χ2n) is 3.09. The van der Waals surface area contributed by atoms with Gasteiger partial charge in [-0.1, -0.05) is 0 Å². The number of hydrogen-bond acceptors (Lipinski definition) is 6. The lowest BCUT2D eigenvalue weighted by atomic mass is 10.4. The van der Waals surface area contributed by atoms with Crippen molar-refractivity contribution in [1.82, 2.24) is 0 Å². The van der Waals surface area contributed by atoms with E-state index in [1.807, 2.05) is 0 Å². The van der Waals surface area contributed by atoms with Crippen molar-refractivity contribution in [3.05, 3.63) is 0 Å². The van der Waals surface area contributed by atoms with E-state index >= 15 is 0 Å². The fourth-order valence-corrected chi connectivity index (χ4v) is 1.73. The molecular weight excluding hydrogens is 230 g/mol. The van der Waals surface area contributed by atoms with Crippen molar-refractivity contribution in [3.63, 3.8) is 0 Å². The summed E-state index contributed by atoms with van der Waals surface area (Å²) in [5, 5.41) is -0.319. The Morgan fingerprint density at radius 3 is 2.19 bits per heavy atom. The lowest BCUT2D eigenvalue weighted by molar-refractivity contribution is -0.144. The fraction of sp³-hybridized carbons (Fsp3) is 0.800. The average molecular weight is 249 g/mol. The molecule has 0 rings (SSSR count). The van der Waals surface area contributed by atoms with Gasteiger partial charge in [0.15, 0.2) is 0 Å². The van der Waals surface area contributed by atoms with Gasteiger partial charge in [-0.05, 0) is 20.8 Å². The van der Waals surface area contributed by atoms with Gasteiger partial charge in [0.05, 0.1) is 18.5 Å². The van der Waals surface area contributed by atoms with Crippen molar-refractivity contribution in [1.29, 1.82) is 0 Å². The molecule has 0 aliphatic heterocycles. The maximum atomic E-state index is 11.3. The van der Waals surface area contributed by atoms with E-state index in [0.29, 0.717) is 19.0 Å². The fourth-order valence-electron chi connectivity index (χ4n) is 0.893. The molecule has 16 heavy (non-hydrogen) atoms.